The minimum atomic E-state index is 0.486. The summed E-state index contributed by atoms with van der Waals surface area (Å²) in [5, 5.41) is 9.33. The number of hydrogen-bond acceptors (Lipinski definition) is 4. The fourth-order valence-corrected chi connectivity index (χ4v) is 4.78. The summed E-state index contributed by atoms with van der Waals surface area (Å²) in [6, 6.07) is 27.7. The fourth-order valence-electron chi connectivity index (χ4n) is 4.62. The van der Waals surface area contributed by atoms with Crippen LogP contribution in [0.15, 0.2) is 85.1 Å². The van der Waals surface area contributed by atoms with E-state index in [2.05, 4.69) is 64.1 Å². The highest BCUT2D eigenvalue weighted by Crippen LogP contribution is 2.28. The van der Waals surface area contributed by atoms with E-state index in [1.165, 1.54) is 24.0 Å². The second kappa shape index (κ2) is 10.9. The summed E-state index contributed by atoms with van der Waals surface area (Å²) in [6.45, 7) is 1.48. The van der Waals surface area contributed by atoms with E-state index < -0.39 is 0 Å². The average Bonchev–Trinajstić information content (AvgIpc) is 2.88. The zero-order valence-corrected chi connectivity index (χ0v) is 20.0. The molecule has 4 nitrogen and oxygen atoms in total. The van der Waals surface area contributed by atoms with Gasteiger partial charge in [-0.2, -0.15) is 0 Å². The summed E-state index contributed by atoms with van der Waals surface area (Å²) in [6.07, 6.45) is 6.50. The first-order valence-electron chi connectivity index (χ1n) is 12.0. The monoisotopic (exact) mass is 471 g/mol. The molecule has 0 amide bonds. The lowest BCUT2D eigenvalue weighted by atomic mass is 9.90. The van der Waals surface area contributed by atoms with E-state index in [4.69, 9.17) is 16.3 Å². The van der Waals surface area contributed by atoms with E-state index in [-0.39, 0.29) is 0 Å². The van der Waals surface area contributed by atoms with Crippen molar-refractivity contribution in [1.29, 1.82) is 0 Å². The maximum absolute atomic E-state index is 6.12. The van der Waals surface area contributed by atoms with E-state index in [1.807, 2.05) is 36.5 Å². The maximum atomic E-state index is 6.12. The highest BCUT2D eigenvalue weighted by Gasteiger charge is 2.21. The second-order valence-corrected chi connectivity index (χ2v) is 9.45. The van der Waals surface area contributed by atoms with Gasteiger partial charge in [0.2, 0.25) is 0 Å². The predicted octanol–water partition coefficient (Wildman–Crippen LogP) is 6.98. The minimum absolute atomic E-state index is 0.486. The van der Waals surface area contributed by atoms with E-state index in [1.54, 1.807) is 0 Å². The lowest BCUT2D eigenvalue weighted by Gasteiger charge is -2.30. The van der Waals surface area contributed by atoms with Crippen molar-refractivity contribution in [3.8, 4) is 5.75 Å². The third kappa shape index (κ3) is 5.88. The number of anilines is 1. The molecule has 5 heteroatoms. The molecule has 1 heterocycles. The second-order valence-electron chi connectivity index (χ2n) is 9.01. The number of benzene rings is 3. The Morgan fingerprint density at radius 1 is 0.824 bits per heavy atom. The molecule has 0 radical (unpaired) electrons. The smallest absolute Gasteiger partial charge is 0.119 e. The molecule has 1 aliphatic carbocycles. The quantitative estimate of drug-likeness (QED) is 0.291. The fraction of sp³-hybridized carbons (Fsp3) is 0.276. The van der Waals surface area contributed by atoms with Gasteiger partial charge in [0, 0.05) is 40.9 Å². The number of rotatable bonds is 8. The molecule has 0 aliphatic heterocycles. The van der Waals surface area contributed by atoms with Crippen LogP contribution in [0.3, 0.4) is 0 Å². The first kappa shape index (κ1) is 22.7. The van der Waals surface area contributed by atoms with E-state index in [0.717, 1.165) is 46.7 Å². The van der Waals surface area contributed by atoms with Crippen LogP contribution in [0.25, 0.3) is 10.9 Å². The van der Waals surface area contributed by atoms with Gasteiger partial charge in [0.25, 0.3) is 0 Å². The molecule has 174 valence electrons. The molecule has 2 N–H and O–H groups in total. The number of aromatic nitrogens is 1. The van der Waals surface area contributed by atoms with Gasteiger partial charge in [-0.05, 0) is 73.2 Å². The average molecular weight is 472 g/mol. The molecule has 3 aromatic carbocycles. The van der Waals surface area contributed by atoms with Gasteiger partial charge in [-0.3, -0.25) is 4.98 Å². The molecular formula is C29H30ClN3O. The molecular weight excluding hydrogens is 442 g/mol. The Hall–Kier alpha value is -3.08. The number of halogens is 1. The van der Waals surface area contributed by atoms with Crippen molar-refractivity contribution in [2.24, 2.45) is 0 Å². The summed E-state index contributed by atoms with van der Waals surface area (Å²) >= 11 is 6.12. The summed E-state index contributed by atoms with van der Waals surface area (Å²) in [5.74, 6) is 0.907. The zero-order valence-electron chi connectivity index (χ0n) is 19.2. The summed E-state index contributed by atoms with van der Waals surface area (Å²) in [7, 11) is 0. The van der Waals surface area contributed by atoms with Crippen LogP contribution in [-0.4, -0.2) is 17.1 Å². The van der Waals surface area contributed by atoms with Gasteiger partial charge in [0.05, 0.1) is 5.52 Å². The van der Waals surface area contributed by atoms with Gasteiger partial charge >= 0.3 is 0 Å². The van der Waals surface area contributed by atoms with Crippen molar-refractivity contribution in [1.82, 2.24) is 10.3 Å². The Kier molecular flexibility index (Phi) is 7.28. The SMILES string of the molecule is Clc1ccc2c(NC3CCC(NCc4ccc(OCc5ccccc5)cc4)CC3)ccnc2c1. The number of ether oxygens (including phenoxy) is 1. The zero-order chi connectivity index (χ0) is 23.2. The molecule has 0 bridgehead atoms. The van der Waals surface area contributed by atoms with Gasteiger partial charge in [0.15, 0.2) is 0 Å². The number of hydrogen-bond donors (Lipinski definition) is 2. The number of nitrogens with one attached hydrogen (secondary N) is 2. The molecule has 4 aromatic rings. The van der Waals surface area contributed by atoms with Crippen molar-refractivity contribution in [2.75, 3.05) is 5.32 Å². The maximum Gasteiger partial charge on any atom is 0.119 e. The highest BCUT2D eigenvalue weighted by molar-refractivity contribution is 6.31. The Bertz CT molecular complexity index is 1210. The molecule has 0 atom stereocenters. The molecule has 1 saturated carbocycles. The summed E-state index contributed by atoms with van der Waals surface area (Å²) in [5.41, 5.74) is 4.55. The lowest BCUT2D eigenvalue weighted by Crippen LogP contribution is -2.36. The largest absolute Gasteiger partial charge is 0.489 e. The molecule has 1 fully saturated rings. The third-order valence-corrected chi connectivity index (χ3v) is 6.79. The topological polar surface area (TPSA) is 46.2 Å². The first-order valence-corrected chi connectivity index (χ1v) is 12.4. The molecule has 0 unspecified atom stereocenters. The normalized spacial score (nSPS) is 18.0. The molecule has 0 spiro atoms. The van der Waals surface area contributed by atoms with Crippen LogP contribution in [0.1, 0.15) is 36.8 Å². The molecule has 5 rings (SSSR count). The van der Waals surface area contributed by atoms with Crippen molar-refractivity contribution >= 4 is 28.2 Å². The van der Waals surface area contributed by atoms with Crippen molar-refractivity contribution in [3.63, 3.8) is 0 Å². The van der Waals surface area contributed by atoms with Crippen molar-refractivity contribution < 1.29 is 4.74 Å². The standard InChI is InChI=1S/C29H30ClN3O/c30-23-8-15-27-28(16-17-31-29(27)18-23)33-25-11-9-24(10-12-25)32-19-21-6-13-26(14-7-21)34-20-22-4-2-1-3-5-22/h1-8,13-18,24-25,32H,9-12,19-20H2,(H,31,33). The molecule has 1 aliphatic rings. The van der Waals surface area contributed by atoms with Crippen LogP contribution < -0.4 is 15.4 Å². The van der Waals surface area contributed by atoms with Gasteiger partial charge < -0.3 is 15.4 Å². The van der Waals surface area contributed by atoms with Crippen LogP contribution in [0.2, 0.25) is 5.02 Å². The Labute approximate surface area is 206 Å². The summed E-state index contributed by atoms with van der Waals surface area (Å²) in [4.78, 5) is 4.45. The number of nitrogens with zero attached hydrogens (tertiary/aromatic N) is 1. The third-order valence-electron chi connectivity index (χ3n) is 6.56. The Morgan fingerprint density at radius 3 is 2.38 bits per heavy atom. The lowest BCUT2D eigenvalue weighted by molar-refractivity contribution is 0.306. The highest BCUT2D eigenvalue weighted by atomic mass is 35.5. The Balaban J connectivity index is 1.07. The van der Waals surface area contributed by atoms with Gasteiger partial charge in [-0.25, -0.2) is 0 Å². The van der Waals surface area contributed by atoms with E-state index >= 15 is 0 Å². The first-order chi connectivity index (χ1) is 16.7. The van der Waals surface area contributed by atoms with Gasteiger partial charge in [0.1, 0.15) is 12.4 Å². The molecule has 0 saturated heterocycles. The summed E-state index contributed by atoms with van der Waals surface area (Å²) < 4.78 is 5.90. The van der Waals surface area contributed by atoms with Gasteiger partial charge in [-0.1, -0.05) is 54.1 Å². The molecule has 1 aromatic heterocycles. The predicted molar refractivity (Wildman–Crippen MR) is 140 cm³/mol. The molecule has 34 heavy (non-hydrogen) atoms. The van der Waals surface area contributed by atoms with Crippen LogP contribution in [0, 0.1) is 0 Å². The van der Waals surface area contributed by atoms with Crippen molar-refractivity contribution in [3.05, 3.63) is 101 Å². The van der Waals surface area contributed by atoms with Crippen molar-refractivity contribution in [2.45, 2.75) is 50.9 Å². The minimum Gasteiger partial charge on any atom is -0.489 e. The van der Waals surface area contributed by atoms with Crippen LogP contribution in [0.4, 0.5) is 5.69 Å². The van der Waals surface area contributed by atoms with E-state index in [0.29, 0.717) is 18.7 Å². The van der Waals surface area contributed by atoms with E-state index in [9.17, 15) is 0 Å². The van der Waals surface area contributed by atoms with Crippen LogP contribution in [0.5, 0.6) is 5.75 Å². The Morgan fingerprint density at radius 2 is 1.59 bits per heavy atom. The van der Waals surface area contributed by atoms with Crippen LogP contribution in [-0.2, 0) is 13.2 Å². The van der Waals surface area contributed by atoms with Gasteiger partial charge in [-0.15, -0.1) is 0 Å². The number of pyridine rings is 1. The van der Waals surface area contributed by atoms with Crippen LogP contribution >= 0.6 is 11.6 Å². The number of fused-ring (bicyclic) bond motifs is 1.